The van der Waals surface area contributed by atoms with Crippen LogP contribution in [0.2, 0.25) is 0 Å². The molecule has 1 aliphatic heterocycles. The highest BCUT2D eigenvalue weighted by Gasteiger charge is 2.28. The summed E-state index contributed by atoms with van der Waals surface area (Å²) in [6, 6.07) is 5.41. The summed E-state index contributed by atoms with van der Waals surface area (Å²) in [4.78, 5) is 13.0. The van der Waals surface area contributed by atoms with Crippen LogP contribution in [-0.4, -0.2) is 33.6 Å². The molecule has 1 aliphatic rings. The molecule has 2 rings (SSSR count). The molecule has 21 heavy (non-hydrogen) atoms. The number of nitro benzene ring substituents is 1. The predicted octanol–water partition coefficient (Wildman–Crippen LogP) is 3.03. The second kappa shape index (κ2) is 7.00. The first-order chi connectivity index (χ1) is 10.0. The van der Waals surface area contributed by atoms with Crippen LogP contribution in [0.3, 0.4) is 0 Å². The minimum absolute atomic E-state index is 0.169. The molecule has 0 amide bonds. The smallest absolute Gasteiger partial charge is 0.272 e. The number of aliphatic hydroxyl groups excluding tert-OH is 1. The van der Waals surface area contributed by atoms with E-state index in [1.807, 2.05) is 19.9 Å². The van der Waals surface area contributed by atoms with Crippen molar-refractivity contribution in [2.24, 2.45) is 0 Å². The Hall–Kier alpha value is -1.46. The number of hydrogen-bond acceptors (Lipinski definition) is 4. The topological polar surface area (TPSA) is 66.6 Å². The van der Waals surface area contributed by atoms with Gasteiger partial charge in [0.15, 0.2) is 0 Å². The minimum atomic E-state index is -0.326. The molecule has 0 aliphatic carbocycles. The van der Waals surface area contributed by atoms with Crippen LogP contribution in [0.5, 0.6) is 0 Å². The summed E-state index contributed by atoms with van der Waals surface area (Å²) in [5.41, 5.74) is 1.90. The Morgan fingerprint density at radius 3 is 2.90 bits per heavy atom. The summed E-state index contributed by atoms with van der Waals surface area (Å²) in [7, 11) is 0. The first kappa shape index (κ1) is 15.9. The lowest BCUT2D eigenvalue weighted by Crippen LogP contribution is -2.46. The Kier molecular flexibility index (Phi) is 5.31. The first-order valence-corrected chi connectivity index (χ1v) is 7.69. The van der Waals surface area contributed by atoms with E-state index in [1.165, 1.54) is 0 Å². The number of nitro groups is 1. The summed E-state index contributed by atoms with van der Waals surface area (Å²) >= 11 is 0. The number of aliphatic hydroxyl groups is 1. The molecule has 1 fully saturated rings. The number of hydrogen-bond donors (Lipinski definition) is 1. The van der Waals surface area contributed by atoms with E-state index in [9.17, 15) is 15.2 Å². The standard InChI is InChI=1S/C16H24N2O3/c1-3-16(19)15-8-4-5-10-17(15)11-13-7-6-9-14(12(13)2)18(20)21/h6-7,9,15-16,19H,3-5,8,10-11H2,1-2H3. The van der Waals surface area contributed by atoms with Gasteiger partial charge in [0.1, 0.15) is 0 Å². The Bertz CT molecular complexity index is 504. The van der Waals surface area contributed by atoms with Gasteiger partial charge < -0.3 is 5.11 Å². The Labute approximate surface area is 125 Å². The normalized spacial score (nSPS) is 21.2. The van der Waals surface area contributed by atoms with E-state index in [0.29, 0.717) is 6.54 Å². The fourth-order valence-electron chi connectivity index (χ4n) is 3.18. The van der Waals surface area contributed by atoms with Crippen LogP contribution in [-0.2, 0) is 6.54 Å². The quantitative estimate of drug-likeness (QED) is 0.669. The first-order valence-electron chi connectivity index (χ1n) is 7.69. The zero-order valence-corrected chi connectivity index (χ0v) is 12.8. The van der Waals surface area contributed by atoms with Crippen LogP contribution >= 0.6 is 0 Å². The Morgan fingerprint density at radius 1 is 1.48 bits per heavy atom. The third-order valence-corrected chi connectivity index (χ3v) is 4.51. The van der Waals surface area contributed by atoms with Gasteiger partial charge in [0.05, 0.1) is 11.0 Å². The van der Waals surface area contributed by atoms with Crippen LogP contribution in [0.15, 0.2) is 18.2 Å². The molecule has 2 unspecified atom stereocenters. The van der Waals surface area contributed by atoms with Crippen molar-refractivity contribution in [2.75, 3.05) is 6.54 Å². The minimum Gasteiger partial charge on any atom is -0.392 e. The van der Waals surface area contributed by atoms with Crippen LogP contribution in [0, 0.1) is 17.0 Å². The number of benzene rings is 1. The second-order valence-corrected chi connectivity index (χ2v) is 5.83. The highest BCUT2D eigenvalue weighted by Crippen LogP contribution is 2.27. The number of likely N-dealkylation sites (tertiary alicyclic amines) is 1. The highest BCUT2D eigenvalue weighted by molar-refractivity contribution is 5.44. The van der Waals surface area contributed by atoms with E-state index < -0.39 is 0 Å². The van der Waals surface area contributed by atoms with Crippen molar-refractivity contribution in [1.29, 1.82) is 0 Å². The molecule has 2 atom stereocenters. The molecule has 0 radical (unpaired) electrons. The lowest BCUT2D eigenvalue weighted by molar-refractivity contribution is -0.385. The summed E-state index contributed by atoms with van der Waals surface area (Å²) in [5.74, 6) is 0. The van der Waals surface area contributed by atoms with Crippen molar-refractivity contribution in [2.45, 2.75) is 58.2 Å². The summed E-state index contributed by atoms with van der Waals surface area (Å²) in [6.07, 6.45) is 3.70. The largest absolute Gasteiger partial charge is 0.392 e. The van der Waals surface area contributed by atoms with Gasteiger partial charge in [-0.25, -0.2) is 0 Å². The van der Waals surface area contributed by atoms with Gasteiger partial charge in [0.2, 0.25) is 0 Å². The average molecular weight is 292 g/mol. The molecule has 0 spiro atoms. The average Bonchev–Trinajstić information content (AvgIpc) is 2.49. The van der Waals surface area contributed by atoms with Crippen LogP contribution in [0.1, 0.15) is 43.7 Å². The lowest BCUT2D eigenvalue weighted by atomic mass is 9.94. The molecule has 0 saturated carbocycles. The van der Waals surface area contributed by atoms with E-state index in [2.05, 4.69) is 4.90 Å². The molecule has 116 valence electrons. The summed E-state index contributed by atoms with van der Waals surface area (Å²) in [6.45, 7) is 5.43. The SMILES string of the molecule is CCC(O)C1CCCCN1Cc1cccc([N+](=O)[O-])c1C. The molecular formula is C16H24N2O3. The maximum absolute atomic E-state index is 11.0. The van der Waals surface area contributed by atoms with Gasteiger partial charge in [0.25, 0.3) is 5.69 Å². The second-order valence-electron chi connectivity index (χ2n) is 5.83. The van der Waals surface area contributed by atoms with Gasteiger partial charge in [-0.2, -0.15) is 0 Å². The molecule has 1 aromatic rings. The molecule has 5 heteroatoms. The molecule has 0 bridgehead atoms. The predicted molar refractivity (Wildman–Crippen MR) is 82.2 cm³/mol. The van der Waals surface area contributed by atoms with E-state index >= 15 is 0 Å². The number of nitrogens with zero attached hydrogens (tertiary/aromatic N) is 2. The molecule has 1 heterocycles. The van der Waals surface area contributed by atoms with Crippen LogP contribution in [0.25, 0.3) is 0 Å². The van der Waals surface area contributed by atoms with Gasteiger partial charge in [-0.1, -0.05) is 25.5 Å². The third-order valence-electron chi connectivity index (χ3n) is 4.51. The van der Waals surface area contributed by atoms with Gasteiger partial charge in [0, 0.05) is 24.2 Å². The van der Waals surface area contributed by atoms with Crippen LogP contribution < -0.4 is 0 Å². The zero-order chi connectivity index (χ0) is 15.4. The monoisotopic (exact) mass is 292 g/mol. The molecule has 5 nitrogen and oxygen atoms in total. The Morgan fingerprint density at radius 2 is 2.24 bits per heavy atom. The number of rotatable bonds is 5. The van der Waals surface area contributed by atoms with E-state index in [0.717, 1.165) is 43.4 Å². The summed E-state index contributed by atoms with van der Waals surface area (Å²) in [5, 5.41) is 21.2. The van der Waals surface area contributed by atoms with Crippen molar-refractivity contribution in [1.82, 2.24) is 4.90 Å². The highest BCUT2D eigenvalue weighted by atomic mass is 16.6. The van der Waals surface area contributed by atoms with Crippen molar-refractivity contribution in [3.05, 3.63) is 39.4 Å². The van der Waals surface area contributed by atoms with Gasteiger partial charge in [-0.15, -0.1) is 0 Å². The molecule has 1 aromatic carbocycles. The third kappa shape index (κ3) is 3.60. The maximum Gasteiger partial charge on any atom is 0.272 e. The van der Waals surface area contributed by atoms with Crippen LogP contribution in [0.4, 0.5) is 5.69 Å². The van der Waals surface area contributed by atoms with Crippen molar-refractivity contribution in [3.63, 3.8) is 0 Å². The van der Waals surface area contributed by atoms with Gasteiger partial charge in [-0.3, -0.25) is 15.0 Å². The van der Waals surface area contributed by atoms with Gasteiger partial charge in [-0.05, 0) is 38.3 Å². The van der Waals surface area contributed by atoms with E-state index in [4.69, 9.17) is 0 Å². The fourth-order valence-corrected chi connectivity index (χ4v) is 3.18. The molecule has 1 saturated heterocycles. The van der Waals surface area contributed by atoms with Crippen molar-refractivity contribution >= 4 is 5.69 Å². The zero-order valence-electron chi connectivity index (χ0n) is 12.8. The maximum atomic E-state index is 11.0. The fraction of sp³-hybridized carbons (Fsp3) is 0.625. The van der Waals surface area contributed by atoms with E-state index in [-0.39, 0.29) is 22.8 Å². The number of piperidine rings is 1. The molecular weight excluding hydrogens is 268 g/mol. The van der Waals surface area contributed by atoms with E-state index in [1.54, 1.807) is 12.1 Å². The summed E-state index contributed by atoms with van der Waals surface area (Å²) < 4.78 is 0. The van der Waals surface area contributed by atoms with Gasteiger partial charge >= 0.3 is 0 Å². The van der Waals surface area contributed by atoms with Crippen molar-refractivity contribution < 1.29 is 10.0 Å². The molecule has 1 N–H and O–H groups in total. The Balaban J connectivity index is 2.19. The lowest BCUT2D eigenvalue weighted by Gasteiger charge is -2.38. The van der Waals surface area contributed by atoms with Crippen molar-refractivity contribution in [3.8, 4) is 0 Å². The molecule has 0 aromatic heterocycles.